The van der Waals surface area contributed by atoms with Crippen molar-refractivity contribution in [3.05, 3.63) is 65.2 Å². The van der Waals surface area contributed by atoms with Crippen LogP contribution in [0.5, 0.6) is 5.75 Å². The van der Waals surface area contributed by atoms with E-state index in [0.717, 1.165) is 5.56 Å². The van der Waals surface area contributed by atoms with Gasteiger partial charge in [0.1, 0.15) is 5.75 Å². The van der Waals surface area contributed by atoms with Crippen molar-refractivity contribution in [2.24, 2.45) is 5.10 Å². The van der Waals surface area contributed by atoms with Crippen molar-refractivity contribution in [2.45, 2.75) is 26.2 Å². The van der Waals surface area contributed by atoms with Gasteiger partial charge in [0.25, 0.3) is 5.91 Å². The predicted molar refractivity (Wildman–Crippen MR) is 93.2 cm³/mol. The molecule has 0 saturated heterocycles. The summed E-state index contributed by atoms with van der Waals surface area (Å²) in [5.41, 5.74) is 5.38. The van der Waals surface area contributed by atoms with E-state index >= 15 is 0 Å². The van der Waals surface area contributed by atoms with Gasteiger partial charge in [-0.3, -0.25) is 4.79 Å². The Bertz CT molecular complexity index is 681. The maximum Gasteiger partial charge on any atom is 0.271 e. The highest BCUT2D eigenvalue weighted by molar-refractivity contribution is 5.95. The van der Waals surface area contributed by atoms with Crippen LogP contribution in [0.15, 0.2) is 53.6 Å². The number of nitrogens with zero attached hydrogens (tertiary/aromatic N) is 1. The van der Waals surface area contributed by atoms with E-state index in [1.807, 2.05) is 12.1 Å². The zero-order chi connectivity index (χ0) is 16.9. The fourth-order valence-electron chi connectivity index (χ4n) is 2.04. The van der Waals surface area contributed by atoms with E-state index in [2.05, 4.69) is 43.4 Å². The highest BCUT2D eigenvalue weighted by atomic mass is 16.5. The number of rotatable bonds is 4. The number of carbonyl (C=O) groups is 1. The Labute approximate surface area is 137 Å². The molecule has 0 radical (unpaired) electrons. The third-order valence-electron chi connectivity index (χ3n) is 3.51. The largest absolute Gasteiger partial charge is 0.497 e. The first kappa shape index (κ1) is 16.7. The van der Waals surface area contributed by atoms with Gasteiger partial charge in [-0.1, -0.05) is 45.0 Å². The van der Waals surface area contributed by atoms with Gasteiger partial charge in [0, 0.05) is 5.56 Å². The van der Waals surface area contributed by atoms with Gasteiger partial charge in [-0.2, -0.15) is 5.10 Å². The van der Waals surface area contributed by atoms with Gasteiger partial charge in [0.15, 0.2) is 0 Å². The molecule has 0 heterocycles. The summed E-state index contributed by atoms with van der Waals surface area (Å²) in [6.07, 6.45) is 1.63. The summed E-state index contributed by atoms with van der Waals surface area (Å²) < 4.78 is 5.06. The van der Waals surface area contributed by atoms with Crippen LogP contribution in [0.25, 0.3) is 0 Å². The second kappa shape index (κ2) is 7.09. The van der Waals surface area contributed by atoms with E-state index < -0.39 is 0 Å². The standard InChI is InChI=1S/C19H22N2O2/c1-19(2,3)16-9-5-14(6-10-16)13-20-21-18(22)15-7-11-17(23-4)12-8-15/h5-13H,1-4H3,(H,21,22)/b20-13-. The Morgan fingerprint density at radius 3 is 2.17 bits per heavy atom. The van der Waals surface area contributed by atoms with Crippen molar-refractivity contribution in [1.29, 1.82) is 0 Å². The molecule has 0 atom stereocenters. The summed E-state index contributed by atoms with van der Waals surface area (Å²) in [5.74, 6) is 0.458. The van der Waals surface area contributed by atoms with Gasteiger partial charge < -0.3 is 4.74 Å². The van der Waals surface area contributed by atoms with E-state index in [1.54, 1.807) is 37.6 Å². The normalized spacial score (nSPS) is 11.5. The third-order valence-corrected chi connectivity index (χ3v) is 3.51. The molecule has 0 spiro atoms. The van der Waals surface area contributed by atoms with E-state index in [9.17, 15) is 4.79 Å². The quantitative estimate of drug-likeness (QED) is 0.690. The molecule has 2 aromatic rings. The first-order chi connectivity index (χ1) is 10.9. The minimum Gasteiger partial charge on any atom is -0.497 e. The number of methoxy groups -OCH3 is 1. The summed E-state index contributed by atoms with van der Waals surface area (Å²) >= 11 is 0. The summed E-state index contributed by atoms with van der Waals surface area (Å²) in [7, 11) is 1.59. The molecule has 0 aromatic heterocycles. The summed E-state index contributed by atoms with van der Waals surface area (Å²) in [4.78, 5) is 12.0. The molecule has 0 saturated carbocycles. The van der Waals surface area contributed by atoms with Gasteiger partial charge in [-0.25, -0.2) is 5.43 Å². The molecule has 2 aromatic carbocycles. The lowest BCUT2D eigenvalue weighted by atomic mass is 9.87. The van der Waals surface area contributed by atoms with Crippen LogP contribution in [-0.2, 0) is 5.41 Å². The van der Waals surface area contributed by atoms with E-state index in [-0.39, 0.29) is 11.3 Å². The third kappa shape index (κ3) is 4.68. The zero-order valence-electron chi connectivity index (χ0n) is 14.0. The van der Waals surface area contributed by atoms with Crippen LogP contribution in [-0.4, -0.2) is 19.2 Å². The van der Waals surface area contributed by atoms with Crippen LogP contribution in [0.1, 0.15) is 42.3 Å². The highest BCUT2D eigenvalue weighted by Gasteiger charge is 2.12. The van der Waals surface area contributed by atoms with Crippen molar-refractivity contribution < 1.29 is 9.53 Å². The van der Waals surface area contributed by atoms with Crippen molar-refractivity contribution in [1.82, 2.24) is 5.43 Å². The number of nitrogens with one attached hydrogen (secondary N) is 1. The van der Waals surface area contributed by atoms with Crippen molar-refractivity contribution in [3.63, 3.8) is 0 Å². The van der Waals surface area contributed by atoms with Gasteiger partial charge in [-0.15, -0.1) is 0 Å². The number of benzene rings is 2. The first-order valence-corrected chi connectivity index (χ1v) is 7.48. The van der Waals surface area contributed by atoms with Crippen molar-refractivity contribution >= 4 is 12.1 Å². The Morgan fingerprint density at radius 2 is 1.65 bits per heavy atom. The van der Waals surface area contributed by atoms with Gasteiger partial charge >= 0.3 is 0 Å². The lowest BCUT2D eigenvalue weighted by Gasteiger charge is -2.18. The fraction of sp³-hybridized carbons (Fsp3) is 0.263. The highest BCUT2D eigenvalue weighted by Crippen LogP contribution is 2.21. The zero-order valence-corrected chi connectivity index (χ0v) is 14.0. The maximum absolute atomic E-state index is 12.0. The average Bonchev–Trinajstić information content (AvgIpc) is 2.54. The second-order valence-corrected chi connectivity index (χ2v) is 6.30. The summed E-state index contributed by atoms with van der Waals surface area (Å²) in [5, 5.41) is 4.00. The smallest absolute Gasteiger partial charge is 0.271 e. The summed E-state index contributed by atoms with van der Waals surface area (Å²) in [6, 6.07) is 15.0. The number of carbonyl (C=O) groups excluding carboxylic acids is 1. The molecule has 0 aliphatic rings. The number of hydrogen-bond acceptors (Lipinski definition) is 3. The first-order valence-electron chi connectivity index (χ1n) is 7.48. The molecule has 0 bridgehead atoms. The number of amides is 1. The van der Waals surface area contributed by atoms with Crippen LogP contribution in [0, 0.1) is 0 Å². The lowest BCUT2D eigenvalue weighted by molar-refractivity contribution is 0.0955. The molecular formula is C19H22N2O2. The Morgan fingerprint density at radius 1 is 1.04 bits per heavy atom. The molecule has 1 N–H and O–H groups in total. The van der Waals surface area contributed by atoms with Crippen LogP contribution in [0.2, 0.25) is 0 Å². The summed E-state index contributed by atoms with van der Waals surface area (Å²) in [6.45, 7) is 6.52. The molecule has 0 aliphatic heterocycles. The van der Waals surface area contributed by atoms with Gasteiger partial charge in [-0.05, 0) is 40.8 Å². The van der Waals surface area contributed by atoms with Gasteiger partial charge in [0.05, 0.1) is 13.3 Å². The maximum atomic E-state index is 12.0. The molecule has 2 rings (SSSR count). The number of hydrogen-bond donors (Lipinski definition) is 1. The molecule has 4 nitrogen and oxygen atoms in total. The van der Waals surface area contributed by atoms with E-state index in [0.29, 0.717) is 11.3 Å². The minimum absolute atomic E-state index is 0.123. The van der Waals surface area contributed by atoms with Gasteiger partial charge in [0.2, 0.25) is 0 Å². The van der Waals surface area contributed by atoms with Crippen molar-refractivity contribution in [3.8, 4) is 5.75 Å². The fourth-order valence-corrected chi connectivity index (χ4v) is 2.04. The average molecular weight is 310 g/mol. The second-order valence-electron chi connectivity index (χ2n) is 6.30. The Hall–Kier alpha value is -2.62. The van der Waals surface area contributed by atoms with E-state index in [1.165, 1.54) is 5.56 Å². The molecule has 4 heteroatoms. The van der Waals surface area contributed by atoms with Crippen LogP contribution in [0.4, 0.5) is 0 Å². The minimum atomic E-state index is -0.254. The van der Waals surface area contributed by atoms with Crippen LogP contribution in [0.3, 0.4) is 0 Å². The van der Waals surface area contributed by atoms with Crippen LogP contribution >= 0.6 is 0 Å². The molecule has 1 amide bonds. The van der Waals surface area contributed by atoms with E-state index in [4.69, 9.17) is 4.74 Å². The molecule has 0 unspecified atom stereocenters. The molecular weight excluding hydrogens is 288 g/mol. The number of hydrazone groups is 1. The Balaban J connectivity index is 1.96. The predicted octanol–water partition coefficient (Wildman–Crippen LogP) is 3.76. The molecule has 120 valence electrons. The number of ether oxygens (including phenoxy) is 1. The SMILES string of the molecule is COc1ccc(C(=O)N/N=C\c2ccc(C(C)(C)C)cc2)cc1. The Kier molecular flexibility index (Phi) is 5.16. The monoisotopic (exact) mass is 310 g/mol. The molecule has 0 fully saturated rings. The lowest BCUT2D eigenvalue weighted by Crippen LogP contribution is -2.17. The van der Waals surface area contributed by atoms with Crippen LogP contribution < -0.4 is 10.2 Å². The topological polar surface area (TPSA) is 50.7 Å². The molecule has 0 aliphatic carbocycles. The molecule has 23 heavy (non-hydrogen) atoms. The van der Waals surface area contributed by atoms with Crippen molar-refractivity contribution in [2.75, 3.05) is 7.11 Å².